The number of hydrogen-bond acceptors (Lipinski definition) is 3. The molecule has 3 rings (SSSR count). The fraction of sp³-hybridized carbons (Fsp3) is 0.190. The second kappa shape index (κ2) is 8.77. The molecule has 1 heterocycles. The second-order valence-electron chi connectivity index (χ2n) is 6.27. The van der Waals surface area contributed by atoms with E-state index in [-0.39, 0.29) is 11.7 Å². The number of carbonyl (C=O) groups excluding carboxylic acids is 2. The highest BCUT2D eigenvalue weighted by Crippen LogP contribution is 2.17. The van der Waals surface area contributed by atoms with E-state index < -0.39 is 0 Å². The summed E-state index contributed by atoms with van der Waals surface area (Å²) in [7, 11) is 0. The van der Waals surface area contributed by atoms with Crippen LogP contribution < -0.4 is 5.32 Å². The number of aryl methyl sites for hydroxylation is 2. The van der Waals surface area contributed by atoms with Gasteiger partial charge in [-0.15, -0.1) is 0 Å². The van der Waals surface area contributed by atoms with E-state index in [2.05, 4.69) is 26.3 Å². The van der Waals surface area contributed by atoms with Gasteiger partial charge in [-0.25, -0.2) is 0 Å². The maximum absolute atomic E-state index is 12.8. The Balaban J connectivity index is 1.64. The fourth-order valence-electron chi connectivity index (χ4n) is 2.76. The SMILES string of the molecule is Cc1cnn(CCCNC(=O)c2ccccc2C(=O)c2ccc(Br)cc2)c1. The summed E-state index contributed by atoms with van der Waals surface area (Å²) < 4.78 is 2.75. The smallest absolute Gasteiger partial charge is 0.252 e. The summed E-state index contributed by atoms with van der Waals surface area (Å²) in [6, 6.07) is 14.0. The van der Waals surface area contributed by atoms with Gasteiger partial charge in [0, 0.05) is 34.9 Å². The van der Waals surface area contributed by atoms with Crippen LogP contribution >= 0.6 is 15.9 Å². The Hall–Kier alpha value is -2.73. The van der Waals surface area contributed by atoms with Crippen molar-refractivity contribution in [1.82, 2.24) is 15.1 Å². The van der Waals surface area contributed by atoms with Crippen LogP contribution in [0.4, 0.5) is 0 Å². The average Bonchev–Trinajstić information content (AvgIpc) is 3.10. The highest BCUT2D eigenvalue weighted by Gasteiger charge is 2.17. The zero-order valence-corrected chi connectivity index (χ0v) is 16.6. The largest absolute Gasteiger partial charge is 0.352 e. The van der Waals surface area contributed by atoms with E-state index >= 15 is 0 Å². The number of ketones is 1. The normalized spacial score (nSPS) is 10.6. The third-order valence-electron chi connectivity index (χ3n) is 4.13. The molecule has 0 fully saturated rings. The molecule has 0 saturated carbocycles. The van der Waals surface area contributed by atoms with E-state index in [0.717, 1.165) is 23.0 Å². The van der Waals surface area contributed by atoms with Crippen molar-refractivity contribution in [3.63, 3.8) is 0 Å². The van der Waals surface area contributed by atoms with Crippen LogP contribution in [0.2, 0.25) is 0 Å². The summed E-state index contributed by atoms with van der Waals surface area (Å²) >= 11 is 3.36. The lowest BCUT2D eigenvalue weighted by Crippen LogP contribution is -2.27. The minimum atomic E-state index is -0.243. The fourth-order valence-corrected chi connectivity index (χ4v) is 3.03. The highest BCUT2D eigenvalue weighted by atomic mass is 79.9. The van der Waals surface area contributed by atoms with Crippen LogP contribution in [0.15, 0.2) is 65.4 Å². The molecule has 0 aliphatic rings. The molecule has 27 heavy (non-hydrogen) atoms. The first-order valence-electron chi connectivity index (χ1n) is 8.71. The lowest BCUT2D eigenvalue weighted by atomic mass is 9.98. The van der Waals surface area contributed by atoms with Gasteiger partial charge in [0.05, 0.1) is 11.8 Å². The molecule has 0 atom stereocenters. The van der Waals surface area contributed by atoms with Crippen molar-refractivity contribution in [2.24, 2.45) is 0 Å². The predicted octanol–water partition coefficient (Wildman–Crippen LogP) is 4.01. The van der Waals surface area contributed by atoms with Gasteiger partial charge < -0.3 is 5.32 Å². The zero-order valence-electron chi connectivity index (χ0n) is 15.0. The number of amides is 1. The summed E-state index contributed by atoms with van der Waals surface area (Å²) in [5.74, 6) is -0.409. The Morgan fingerprint density at radius 3 is 2.44 bits per heavy atom. The van der Waals surface area contributed by atoms with Crippen LogP contribution in [0, 0.1) is 6.92 Å². The quantitative estimate of drug-likeness (QED) is 0.459. The molecule has 0 radical (unpaired) electrons. The van der Waals surface area contributed by atoms with Crippen LogP contribution in [0.1, 0.15) is 38.3 Å². The van der Waals surface area contributed by atoms with Gasteiger partial charge in [0.25, 0.3) is 5.91 Å². The maximum atomic E-state index is 12.8. The van der Waals surface area contributed by atoms with Crippen LogP contribution in [-0.2, 0) is 6.54 Å². The van der Waals surface area contributed by atoms with Crippen LogP contribution in [0.25, 0.3) is 0 Å². The first-order chi connectivity index (χ1) is 13.0. The molecule has 1 aromatic heterocycles. The number of benzene rings is 2. The molecular formula is C21H20BrN3O2. The number of aromatic nitrogens is 2. The minimum Gasteiger partial charge on any atom is -0.352 e. The highest BCUT2D eigenvalue weighted by molar-refractivity contribution is 9.10. The zero-order chi connectivity index (χ0) is 19.2. The lowest BCUT2D eigenvalue weighted by Gasteiger charge is -2.10. The van der Waals surface area contributed by atoms with Gasteiger partial charge in [0.1, 0.15) is 0 Å². The van der Waals surface area contributed by atoms with Crippen molar-refractivity contribution < 1.29 is 9.59 Å². The van der Waals surface area contributed by atoms with Crippen molar-refractivity contribution in [3.05, 3.63) is 87.7 Å². The topological polar surface area (TPSA) is 64.0 Å². The van der Waals surface area contributed by atoms with Crippen molar-refractivity contribution in [2.45, 2.75) is 19.9 Å². The van der Waals surface area contributed by atoms with Crippen LogP contribution in [0.5, 0.6) is 0 Å². The average molecular weight is 426 g/mol. The third-order valence-corrected chi connectivity index (χ3v) is 4.66. The predicted molar refractivity (Wildman–Crippen MR) is 108 cm³/mol. The first kappa shape index (κ1) is 19.0. The number of nitrogens with zero attached hydrogens (tertiary/aromatic N) is 2. The minimum absolute atomic E-state index is 0.166. The monoisotopic (exact) mass is 425 g/mol. The lowest BCUT2D eigenvalue weighted by molar-refractivity contribution is 0.0941. The van der Waals surface area contributed by atoms with Crippen LogP contribution in [0.3, 0.4) is 0 Å². The van der Waals surface area contributed by atoms with Gasteiger partial charge in [0.15, 0.2) is 5.78 Å². The maximum Gasteiger partial charge on any atom is 0.252 e. The molecular weight excluding hydrogens is 406 g/mol. The van der Waals surface area contributed by atoms with E-state index in [1.165, 1.54) is 0 Å². The summed E-state index contributed by atoms with van der Waals surface area (Å²) in [5.41, 5.74) is 2.45. The van der Waals surface area contributed by atoms with Gasteiger partial charge in [-0.05, 0) is 49.2 Å². The Kier molecular flexibility index (Phi) is 6.19. The van der Waals surface area contributed by atoms with Gasteiger partial charge in [0.2, 0.25) is 0 Å². The first-order valence-corrected chi connectivity index (χ1v) is 9.50. The molecule has 0 unspecified atom stereocenters. The molecule has 0 bridgehead atoms. The van der Waals surface area contributed by atoms with Gasteiger partial charge in [-0.2, -0.15) is 5.10 Å². The standard InChI is InChI=1S/C21H20BrN3O2/c1-15-13-24-25(14-15)12-4-11-23-21(27)19-6-3-2-5-18(19)20(26)16-7-9-17(22)10-8-16/h2-3,5-10,13-14H,4,11-12H2,1H3,(H,23,27). The molecule has 0 saturated heterocycles. The van der Waals surface area contributed by atoms with Crippen LogP contribution in [-0.4, -0.2) is 28.0 Å². The van der Waals surface area contributed by atoms with Gasteiger partial charge >= 0.3 is 0 Å². The molecule has 5 nitrogen and oxygen atoms in total. The molecule has 0 aliphatic heterocycles. The summed E-state index contributed by atoms with van der Waals surface area (Å²) in [5, 5.41) is 7.12. The third kappa shape index (κ3) is 4.92. The number of nitrogens with one attached hydrogen (secondary N) is 1. The molecule has 0 aliphatic carbocycles. The van der Waals surface area contributed by atoms with E-state index in [9.17, 15) is 9.59 Å². The van der Waals surface area contributed by atoms with Crippen molar-refractivity contribution in [1.29, 1.82) is 0 Å². The molecule has 6 heteroatoms. The van der Waals surface area contributed by atoms with Crippen molar-refractivity contribution >= 4 is 27.6 Å². The summed E-state index contributed by atoms with van der Waals surface area (Å²) in [6.45, 7) is 3.23. The Bertz CT molecular complexity index is 948. The van der Waals surface area contributed by atoms with E-state index in [1.807, 2.05) is 36.1 Å². The Morgan fingerprint density at radius 2 is 1.78 bits per heavy atom. The second-order valence-corrected chi connectivity index (χ2v) is 7.19. The summed E-state index contributed by atoms with van der Waals surface area (Å²) in [6.07, 6.45) is 4.53. The molecule has 1 amide bonds. The van der Waals surface area contributed by atoms with E-state index in [0.29, 0.717) is 23.2 Å². The molecule has 2 aromatic carbocycles. The summed E-state index contributed by atoms with van der Waals surface area (Å²) in [4.78, 5) is 25.4. The van der Waals surface area contributed by atoms with Gasteiger partial charge in [-0.1, -0.05) is 34.1 Å². The molecule has 0 spiro atoms. The molecule has 1 N–H and O–H groups in total. The Labute approximate surface area is 166 Å². The van der Waals surface area contributed by atoms with E-state index in [4.69, 9.17) is 0 Å². The Morgan fingerprint density at radius 1 is 1.07 bits per heavy atom. The van der Waals surface area contributed by atoms with Crippen molar-refractivity contribution in [2.75, 3.05) is 6.54 Å². The number of rotatable bonds is 7. The number of halogens is 1. The number of hydrogen-bond donors (Lipinski definition) is 1. The molecule has 138 valence electrons. The van der Waals surface area contributed by atoms with Crippen molar-refractivity contribution in [3.8, 4) is 0 Å². The molecule has 3 aromatic rings. The van der Waals surface area contributed by atoms with Gasteiger partial charge in [-0.3, -0.25) is 14.3 Å². The van der Waals surface area contributed by atoms with E-state index in [1.54, 1.807) is 36.4 Å². The number of carbonyl (C=O) groups is 2.